The van der Waals surface area contributed by atoms with E-state index < -0.39 is 9.84 Å². The van der Waals surface area contributed by atoms with Crippen molar-refractivity contribution in [1.82, 2.24) is 0 Å². The van der Waals surface area contributed by atoms with E-state index in [2.05, 4.69) is 0 Å². The quantitative estimate of drug-likeness (QED) is 0.817. The third-order valence-electron chi connectivity index (χ3n) is 2.31. The molecule has 0 aliphatic rings. The first-order valence-corrected chi connectivity index (χ1v) is 7.49. The summed E-state index contributed by atoms with van der Waals surface area (Å²) in [7, 11) is -3.74. The molecule has 0 amide bonds. The molecule has 0 unspecified atom stereocenters. The van der Waals surface area contributed by atoms with Crippen LogP contribution in [0.15, 0.2) is 52.3 Å². The van der Waals surface area contributed by atoms with Crippen LogP contribution in [0.5, 0.6) is 0 Å². The molecule has 6 heteroatoms. The second-order valence-electron chi connectivity index (χ2n) is 3.51. The summed E-state index contributed by atoms with van der Waals surface area (Å²) in [5, 5.41) is 0.647. The molecular formula is C12H7Cl3O2S. The molecule has 0 bridgehead atoms. The van der Waals surface area contributed by atoms with Gasteiger partial charge in [0.1, 0.15) is 4.90 Å². The maximum Gasteiger partial charge on any atom is 0.209 e. The highest BCUT2D eigenvalue weighted by Crippen LogP contribution is 2.33. The first-order chi connectivity index (χ1) is 8.43. The average Bonchev–Trinajstić information content (AvgIpc) is 2.29. The molecule has 2 aromatic rings. The summed E-state index contributed by atoms with van der Waals surface area (Å²) < 4.78 is 24.7. The van der Waals surface area contributed by atoms with Gasteiger partial charge in [-0.3, -0.25) is 0 Å². The lowest BCUT2D eigenvalue weighted by molar-refractivity contribution is 0.596. The number of benzene rings is 2. The summed E-state index contributed by atoms with van der Waals surface area (Å²) in [5.74, 6) is 0. The van der Waals surface area contributed by atoms with Gasteiger partial charge in [-0.1, -0.05) is 40.9 Å². The van der Waals surface area contributed by atoms with Gasteiger partial charge in [0.05, 0.1) is 14.9 Å². The average molecular weight is 322 g/mol. The van der Waals surface area contributed by atoms with Gasteiger partial charge >= 0.3 is 0 Å². The first kappa shape index (κ1) is 13.7. The van der Waals surface area contributed by atoms with Crippen LogP contribution in [-0.2, 0) is 9.84 Å². The molecule has 2 nitrogen and oxygen atoms in total. The summed E-state index contributed by atoms with van der Waals surface area (Å²) >= 11 is 17.5. The Morgan fingerprint density at radius 2 is 1.28 bits per heavy atom. The van der Waals surface area contributed by atoms with E-state index in [4.69, 9.17) is 34.8 Å². The normalized spacial score (nSPS) is 11.5. The van der Waals surface area contributed by atoms with E-state index in [9.17, 15) is 8.42 Å². The Balaban J connectivity index is 2.66. The van der Waals surface area contributed by atoms with Gasteiger partial charge in [0.2, 0.25) is 9.84 Å². The highest BCUT2D eigenvalue weighted by molar-refractivity contribution is 7.91. The lowest BCUT2D eigenvalue weighted by Crippen LogP contribution is -2.03. The number of rotatable bonds is 2. The standard InChI is InChI=1S/C12H7Cl3O2S/c13-8-4-6-9(7-5-8)18(16,17)12-10(14)2-1-3-11(12)15/h1-7H. The van der Waals surface area contributed by atoms with E-state index in [1.54, 1.807) is 6.07 Å². The zero-order valence-corrected chi connectivity index (χ0v) is 12.0. The summed E-state index contributed by atoms with van der Waals surface area (Å²) in [5.41, 5.74) is 0. The summed E-state index contributed by atoms with van der Waals surface area (Å²) in [6.45, 7) is 0. The highest BCUT2D eigenvalue weighted by atomic mass is 35.5. The molecule has 0 N–H and O–H groups in total. The topological polar surface area (TPSA) is 34.1 Å². The predicted molar refractivity (Wildman–Crippen MR) is 73.4 cm³/mol. The highest BCUT2D eigenvalue weighted by Gasteiger charge is 2.23. The lowest BCUT2D eigenvalue weighted by Gasteiger charge is -2.08. The van der Waals surface area contributed by atoms with Crippen LogP contribution in [0.2, 0.25) is 15.1 Å². The van der Waals surface area contributed by atoms with Crippen LogP contribution in [0.1, 0.15) is 0 Å². The molecule has 0 saturated carbocycles. The summed E-state index contributed by atoms with van der Waals surface area (Å²) in [6, 6.07) is 10.4. The minimum absolute atomic E-state index is 0.0874. The van der Waals surface area contributed by atoms with Crippen LogP contribution in [-0.4, -0.2) is 8.42 Å². The van der Waals surface area contributed by atoms with Crippen LogP contribution in [0.25, 0.3) is 0 Å². The molecule has 2 aromatic carbocycles. The Morgan fingerprint density at radius 1 is 0.778 bits per heavy atom. The van der Waals surface area contributed by atoms with Gasteiger partial charge in [0.25, 0.3) is 0 Å². The van der Waals surface area contributed by atoms with Crippen LogP contribution in [0, 0.1) is 0 Å². The Labute approximate surface area is 120 Å². The Morgan fingerprint density at radius 3 is 1.78 bits per heavy atom. The van der Waals surface area contributed by atoms with E-state index in [1.165, 1.54) is 36.4 Å². The van der Waals surface area contributed by atoms with Crippen molar-refractivity contribution in [3.63, 3.8) is 0 Å². The molecule has 18 heavy (non-hydrogen) atoms. The maximum absolute atomic E-state index is 12.4. The zero-order chi connectivity index (χ0) is 13.3. The van der Waals surface area contributed by atoms with E-state index in [0.29, 0.717) is 5.02 Å². The number of hydrogen-bond donors (Lipinski definition) is 0. The second-order valence-corrected chi connectivity index (χ2v) is 6.65. The fraction of sp³-hybridized carbons (Fsp3) is 0. The smallest absolute Gasteiger partial charge is 0.209 e. The molecule has 0 fully saturated rings. The second kappa shape index (κ2) is 5.10. The van der Waals surface area contributed by atoms with E-state index in [0.717, 1.165) is 0 Å². The van der Waals surface area contributed by atoms with Crippen LogP contribution >= 0.6 is 34.8 Å². The molecule has 0 aromatic heterocycles. The molecular weight excluding hydrogens is 315 g/mol. The van der Waals surface area contributed by atoms with Crippen molar-refractivity contribution in [1.29, 1.82) is 0 Å². The van der Waals surface area contributed by atoms with Gasteiger partial charge in [-0.15, -0.1) is 0 Å². The van der Waals surface area contributed by atoms with E-state index >= 15 is 0 Å². The van der Waals surface area contributed by atoms with Gasteiger partial charge in [-0.2, -0.15) is 0 Å². The third kappa shape index (κ3) is 2.50. The van der Waals surface area contributed by atoms with Gasteiger partial charge in [0.15, 0.2) is 0 Å². The van der Waals surface area contributed by atoms with Crippen molar-refractivity contribution in [2.75, 3.05) is 0 Å². The molecule has 0 saturated heterocycles. The number of halogens is 3. The molecule has 0 aliphatic heterocycles. The Kier molecular flexibility index (Phi) is 3.87. The fourth-order valence-corrected chi connectivity index (χ4v) is 3.98. The minimum atomic E-state index is -3.74. The lowest BCUT2D eigenvalue weighted by atomic mass is 10.4. The summed E-state index contributed by atoms with van der Waals surface area (Å²) in [4.78, 5) is 0.0116. The van der Waals surface area contributed by atoms with E-state index in [1.807, 2.05) is 0 Å². The van der Waals surface area contributed by atoms with Crippen molar-refractivity contribution in [3.05, 3.63) is 57.5 Å². The fourth-order valence-electron chi connectivity index (χ4n) is 1.47. The van der Waals surface area contributed by atoms with Crippen molar-refractivity contribution >= 4 is 44.6 Å². The van der Waals surface area contributed by atoms with Crippen molar-refractivity contribution in [2.24, 2.45) is 0 Å². The molecule has 0 spiro atoms. The van der Waals surface area contributed by atoms with Gasteiger partial charge < -0.3 is 0 Å². The summed E-state index contributed by atoms with van der Waals surface area (Å²) in [6.07, 6.45) is 0. The van der Waals surface area contributed by atoms with Gasteiger partial charge in [-0.05, 0) is 36.4 Å². The number of hydrogen-bond acceptors (Lipinski definition) is 2. The first-order valence-electron chi connectivity index (χ1n) is 4.87. The van der Waals surface area contributed by atoms with Crippen molar-refractivity contribution in [3.8, 4) is 0 Å². The molecule has 94 valence electrons. The molecule has 0 atom stereocenters. The van der Waals surface area contributed by atoms with Crippen LogP contribution in [0.3, 0.4) is 0 Å². The minimum Gasteiger partial charge on any atom is -0.218 e. The molecule has 2 rings (SSSR count). The monoisotopic (exact) mass is 320 g/mol. The van der Waals surface area contributed by atoms with Gasteiger partial charge in [-0.25, -0.2) is 8.42 Å². The Bertz CT molecular complexity index is 659. The molecule has 0 radical (unpaired) electrons. The third-order valence-corrected chi connectivity index (χ3v) is 5.29. The van der Waals surface area contributed by atoms with E-state index in [-0.39, 0.29) is 19.8 Å². The maximum atomic E-state index is 12.4. The SMILES string of the molecule is O=S(=O)(c1ccc(Cl)cc1)c1c(Cl)cccc1Cl. The largest absolute Gasteiger partial charge is 0.218 e. The van der Waals surface area contributed by atoms with Gasteiger partial charge in [0, 0.05) is 5.02 Å². The van der Waals surface area contributed by atoms with Crippen molar-refractivity contribution < 1.29 is 8.42 Å². The molecule has 0 heterocycles. The van der Waals surface area contributed by atoms with Crippen LogP contribution in [0.4, 0.5) is 0 Å². The zero-order valence-electron chi connectivity index (χ0n) is 8.90. The van der Waals surface area contributed by atoms with Crippen molar-refractivity contribution in [2.45, 2.75) is 9.79 Å². The number of sulfone groups is 1. The Hall–Kier alpha value is -0.740. The predicted octanol–water partition coefficient (Wildman–Crippen LogP) is 4.48. The molecule has 0 aliphatic carbocycles. The van der Waals surface area contributed by atoms with Crippen LogP contribution < -0.4 is 0 Å².